The summed E-state index contributed by atoms with van der Waals surface area (Å²) in [7, 11) is 0.429. The van der Waals surface area contributed by atoms with Crippen LogP contribution in [0.2, 0.25) is 0 Å². The molecular weight excluding hydrogens is 212 g/mol. The van der Waals surface area contributed by atoms with Crippen LogP contribution < -0.4 is 0 Å². The zero-order valence-electron chi connectivity index (χ0n) is 8.86. The summed E-state index contributed by atoms with van der Waals surface area (Å²) in [4.78, 5) is 11.4. The Bertz CT molecular complexity index is 374. The maximum Gasteiger partial charge on any atom is 0.338 e. The lowest BCUT2D eigenvalue weighted by atomic mass is 10.1. The first-order valence-electron chi connectivity index (χ1n) is 4.70. The molecule has 1 aromatic rings. The number of ether oxygens (including phenoxy) is 1. The Hall–Kier alpha value is -1.16. The van der Waals surface area contributed by atoms with E-state index >= 15 is 0 Å². The number of hydrogen-bond donors (Lipinski definition) is 0. The Labute approximate surface area is 91.9 Å². The van der Waals surface area contributed by atoms with Crippen LogP contribution in [-0.2, 0) is 21.3 Å². The van der Waals surface area contributed by atoms with Crippen molar-refractivity contribution in [3.8, 4) is 0 Å². The summed E-state index contributed by atoms with van der Waals surface area (Å²) >= 11 is 0. The number of rotatable bonds is 4. The largest absolute Gasteiger partial charge is 0.465 e. The summed E-state index contributed by atoms with van der Waals surface area (Å²) in [5, 5.41) is 0. The average Bonchev–Trinajstić information content (AvgIpc) is 2.28. The van der Waals surface area contributed by atoms with Crippen molar-refractivity contribution in [1.82, 2.24) is 0 Å². The highest BCUT2D eigenvalue weighted by molar-refractivity contribution is 7.84. The van der Waals surface area contributed by atoms with Crippen LogP contribution in [-0.4, -0.2) is 23.0 Å². The monoisotopic (exact) mass is 226 g/mol. The summed E-state index contributed by atoms with van der Waals surface area (Å²) in [6.07, 6.45) is 0. The molecule has 0 aromatic heterocycles. The van der Waals surface area contributed by atoms with Crippen LogP contribution in [0.5, 0.6) is 0 Å². The van der Waals surface area contributed by atoms with Crippen LogP contribution in [0.4, 0.5) is 0 Å². The van der Waals surface area contributed by atoms with Gasteiger partial charge in [0.25, 0.3) is 0 Å². The van der Waals surface area contributed by atoms with Crippen molar-refractivity contribution >= 4 is 16.8 Å². The standard InChI is InChI=1S/C11H14O3S/c1-3-15(13)8-9-6-4-5-7-10(9)11(12)14-2/h4-7H,3,8H2,1-2H3. The van der Waals surface area contributed by atoms with E-state index in [-0.39, 0.29) is 5.97 Å². The van der Waals surface area contributed by atoms with Crippen LogP contribution in [0.15, 0.2) is 24.3 Å². The van der Waals surface area contributed by atoms with E-state index in [9.17, 15) is 9.00 Å². The molecule has 0 amide bonds. The minimum absolute atomic E-state index is 0.376. The predicted octanol–water partition coefficient (Wildman–Crippen LogP) is 1.74. The zero-order valence-corrected chi connectivity index (χ0v) is 9.67. The van der Waals surface area contributed by atoms with Crippen molar-refractivity contribution in [2.45, 2.75) is 12.7 Å². The van der Waals surface area contributed by atoms with Gasteiger partial charge in [-0.3, -0.25) is 4.21 Å². The van der Waals surface area contributed by atoms with E-state index in [1.807, 2.05) is 13.0 Å². The highest BCUT2D eigenvalue weighted by Crippen LogP contribution is 2.12. The summed E-state index contributed by atoms with van der Waals surface area (Å²) in [5.41, 5.74) is 1.28. The van der Waals surface area contributed by atoms with Crippen LogP contribution >= 0.6 is 0 Å². The van der Waals surface area contributed by atoms with E-state index in [4.69, 9.17) is 0 Å². The number of methoxy groups -OCH3 is 1. The van der Waals surface area contributed by atoms with Gasteiger partial charge in [0, 0.05) is 22.3 Å². The highest BCUT2D eigenvalue weighted by atomic mass is 32.2. The molecule has 0 saturated carbocycles. The molecule has 0 spiro atoms. The molecule has 0 aliphatic carbocycles. The van der Waals surface area contributed by atoms with E-state index < -0.39 is 10.8 Å². The first-order chi connectivity index (χ1) is 7.19. The molecule has 1 unspecified atom stereocenters. The van der Waals surface area contributed by atoms with Gasteiger partial charge in [-0.25, -0.2) is 4.79 Å². The smallest absolute Gasteiger partial charge is 0.338 e. The first kappa shape index (κ1) is 11.9. The fourth-order valence-corrected chi connectivity index (χ4v) is 2.03. The molecule has 82 valence electrons. The molecule has 0 radical (unpaired) electrons. The van der Waals surface area contributed by atoms with Gasteiger partial charge in [0.05, 0.1) is 12.7 Å². The summed E-state index contributed by atoms with van der Waals surface area (Å²) in [5.74, 6) is 0.621. The fraction of sp³-hybridized carbons (Fsp3) is 0.364. The molecule has 0 N–H and O–H groups in total. The summed E-state index contributed by atoms with van der Waals surface area (Å²) in [6.45, 7) is 1.86. The Kier molecular flexibility index (Phi) is 4.49. The van der Waals surface area contributed by atoms with Gasteiger partial charge >= 0.3 is 5.97 Å². The van der Waals surface area contributed by atoms with Gasteiger partial charge in [-0.2, -0.15) is 0 Å². The van der Waals surface area contributed by atoms with Gasteiger partial charge in [0.1, 0.15) is 0 Å². The van der Waals surface area contributed by atoms with Crippen molar-refractivity contribution in [1.29, 1.82) is 0 Å². The van der Waals surface area contributed by atoms with Gasteiger partial charge in [-0.05, 0) is 11.6 Å². The van der Waals surface area contributed by atoms with E-state index in [2.05, 4.69) is 4.74 Å². The van der Waals surface area contributed by atoms with E-state index in [0.29, 0.717) is 17.1 Å². The average molecular weight is 226 g/mol. The second kappa shape index (κ2) is 5.66. The maximum absolute atomic E-state index is 11.4. The SMILES string of the molecule is CCS(=O)Cc1ccccc1C(=O)OC. The molecule has 0 bridgehead atoms. The minimum atomic E-state index is -0.915. The van der Waals surface area contributed by atoms with Crippen molar-refractivity contribution in [3.63, 3.8) is 0 Å². The lowest BCUT2D eigenvalue weighted by molar-refractivity contribution is 0.0600. The topological polar surface area (TPSA) is 43.4 Å². The molecule has 0 aliphatic heterocycles. The minimum Gasteiger partial charge on any atom is -0.465 e. The molecule has 4 heteroatoms. The molecule has 1 atom stereocenters. The van der Waals surface area contributed by atoms with E-state index in [1.54, 1.807) is 18.2 Å². The number of carbonyl (C=O) groups excluding carboxylic acids is 1. The zero-order chi connectivity index (χ0) is 11.3. The Morgan fingerprint density at radius 1 is 1.40 bits per heavy atom. The van der Waals surface area contributed by atoms with Crippen LogP contribution in [0.25, 0.3) is 0 Å². The molecule has 15 heavy (non-hydrogen) atoms. The molecule has 3 nitrogen and oxygen atoms in total. The second-order valence-corrected chi connectivity index (χ2v) is 4.77. The van der Waals surface area contributed by atoms with Crippen LogP contribution in [0.3, 0.4) is 0 Å². The lowest BCUT2D eigenvalue weighted by Crippen LogP contribution is -2.08. The Balaban J connectivity index is 2.96. The van der Waals surface area contributed by atoms with E-state index in [1.165, 1.54) is 7.11 Å². The first-order valence-corrected chi connectivity index (χ1v) is 6.19. The summed E-state index contributed by atoms with van der Waals surface area (Å²) in [6, 6.07) is 7.09. The molecule has 0 fully saturated rings. The maximum atomic E-state index is 11.4. The fourth-order valence-electron chi connectivity index (χ4n) is 1.23. The lowest BCUT2D eigenvalue weighted by Gasteiger charge is -2.06. The second-order valence-electron chi connectivity index (χ2n) is 3.02. The Morgan fingerprint density at radius 2 is 2.07 bits per heavy atom. The molecule has 1 aromatic carbocycles. The number of esters is 1. The normalized spacial score (nSPS) is 12.1. The van der Waals surface area contributed by atoms with Gasteiger partial charge in [0.2, 0.25) is 0 Å². The van der Waals surface area contributed by atoms with Crippen molar-refractivity contribution in [2.24, 2.45) is 0 Å². The van der Waals surface area contributed by atoms with Crippen LogP contribution in [0, 0.1) is 0 Å². The van der Waals surface area contributed by atoms with Gasteiger partial charge < -0.3 is 4.74 Å². The molecule has 1 rings (SSSR count). The summed E-state index contributed by atoms with van der Waals surface area (Å²) < 4.78 is 16.1. The number of benzene rings is 1. The van der Waals surface area contributed by atoms with Gasteiger partial charge in [-0.1, -0.05) is 25.1 Å². The number of hydrogen-bond acceptors (Lipinski definition) is 3. The molecule has 0 heterocycles. The quantitative estimate of drug-likeness (QED) is 0.734. The van der Waals surface area contributed by atoms with Crippen molar-refractivity contribution < 1.29 is 13.7 Å². The van der Waals surface area contributed by atoms with Crippen molar-refractivity contribution in [2.75, 3.05) is 12.9 Å². The van der Waals surface area contributed by atoms with Gasteiger partial charge in [0.15, 0.2) is 0 Å². The molecule has 0 saturated heterocycles. The third-order valence-electron chi connectivity index (χ3n) is 2.06. The molecular formula is C11H14O3S. The Morgan fingerprint density at radius 3 is 2.67 bits per heavy atom. The third kappa shape index (κ3) is 3.16. The van der Waals surface area contributed by atoms with Gasteiger partial charge in [-0.15, -0.1) is 0 Å². The van der Waals surface area contributed by atoms with Crippen molar-refractivity contribution in [3.05, 3.63) is 35.4 Å². The molecule has 0 aliphatic rings. The number of carbonyl (C=O) groups is 1. The van der Waals surface area contributed by atoms with E-state index in [0.717, 1.165) is 5.56 Å². The van der Waals surface area contributed by atoms with Crippen LogP contribution in [0.1, 0.15) is 22.8 Å². The predicted molar refractivity (Wildman–Crippen MR) is 60.2 cm³/mol. The third-order valence-corrected chi connectivity index (χ3v) is 3.34. The highest BCUT2D eigenvalue weighted by Gasteiger charge is 2.12.